The number of hydrogen-bond acceptors (Lipinski definition) is 3. The molecule has 48 heavy (non-hydrogen) atoms. The molecule has 9 aromatic rings. The van der Waals surface area contributed by atoms with Gasteiger partial charge in [0, 0.05) is 16.7 Å². The summed E-state index contributed by atoms with van der Waals surface area (Å²) in [6.45, 7) is 0. The van der Waals surface area contributed by atoms with Gasteiger partial charge in [0.15, 0.2) is 17.5 Å². The zero-order valence-corrected chi connectivity index (χ0v) is 26.1. The van der Waals surface area contributed by atoms with Crippen molar-refractivity contribution in [2.24, 2.45) is 0 Å². The molecule has 0 bridgehead atoms. The van der Waals surface area contributed by atoms with E-state index in [9.17, 15) is 0 Å². The van der Waals surface area contributed by atoms with Gasteiger partial charge in [0.05, 0.1) is 0 Å². The van der Waals surface area contributed by atoms with E-state index in [4.69, 9.17) is 15.0 Å². The fourth-order valence-corrected chi connectivity index (χ4v) is 6.74. The van der Waals surface area contributed by atoms with Crippen molar-refractivity contribution in [3.05, 3.63) is 176 Å². The van der Waals surface area contributed by atoms with Gasteiger partial charge >= 0.3 is 0 Å². The lowest BCUT2D eigenvalue weighted by Crippen LogP contribution is -2.00. The van der Waals surface area contributed by atoms with Gasteiger partial charge in [0.1, 0.15) is 0 Å². The second-order valence-electron chi connectivity index (χ2n) is 12.1. The summed E-state index contributed by atoms with van der Waals surface area (Å²) in [4.78, 5) is 14.8. The first kappa shape index (κ1) is 27.8. The van der Waals surface area contributed by atoms with E-state index in [2.05, 4.69) is 115 Å². The molecule has 0 saturated carbocycles. The molecule has 0 radical (unpaired) electrons. The molecular formula is C45H29N3. The third kappa shape index (κ3) is 4.99. The normalized spacial score (nSPS) is 11.3. The third-order valence-electron chi connectivity index (χ3n) is 9.08. The molecule has 8 aromatic carbocycles. The van der Waals surface area contributed by atoms with Crippen LogP contribution in [0.15, 0.2) is 176 Å². The maximum atomic E-state index is 4.98. The molecule has 0 N–H and O–H groups in total. The number of nitrogens with zero attached hydrogens (tertiary/aromatic N) is 3. The van der Waals surface area contributed by atoms with Crippen LogP contribution in [0.5, 0.6) is 0 Å². The highest BCUT2D eigenvalue weighted by Gasteiger charge is 2.15. The van der Waals surface area contributed by atoms with Crippen molar-refractivity contribution in [2.45, 2.75) is 0 Å². The molecule has 0 atom stereocenters. The molecule has 0 unspecified atom stereocenters. The summed E-state index contributed by atoms with van der Waals surface area (Å²) in [5, 5.41) is 7.49. The minimum atomic E-state index is 0.647. The third-order valence-corrected chi connectivity index (χ3v) is 9.08. The Hall–Kier alpha value is -6.45. The van der Waals surface area contributed by atoms with Crippen LogP contribution in [-0.4, -0.2) is 15.0 Å². The van der Waals surface area contributed by atoms with E-state index in [-0.39, 0.29) is 0 Å². The van der Waals surface area contributed by atoms with Crippen LogP contribution in [0.2, 0.25) is 0 Å². The first-order valence-electron chi connectivity index (χ1n) is 16.2. The van der Waals surface area contributed by atoms with Crippen molar-refractivity contribution >= 4 is 32.3 Å². The lowest BCUT2D eigenvalue weighted by Gasteiger charge is -2.14. The van der Waals surface area contributed by atoms with Crippen LogP contribution in [0.4, 0.5) is 0 Å². The number of rotatable bonds is 5. The van der Waals surface area contributed by atoms with Gasteiger partial charge in [0.25, 0.3) is 0 Å². The number of aromatic nitrogens is 3. The Morgan fingerprint density at radius 3 is 1.38 bits per heavy atom. The van der Waals surface area contributed by atoms with Crippen molar-refractivity contribution in [3.63, 3.8) is 0 Å². The van der Waals surface area contributed by atoms with Crippen LogP contribution in [0.25, 0.3) is 88.7 Å². The van der Waals surface area contributed by atoms with Gasteiger partial charge < -0.3 is 0 Å². The fraction of sp³-hybridized carbons (Fsp3) is 0. The molecule has 0 aliphatic heterocycles. The van der Waals surface area contributed by atoms with Crippen molar-refractivity contribution in [2.75, 3.05) is 0 Å². The zero-order chi connectivity index (χ0) is 31.9. The topological polar surface area (TPSA) is 38.7 Å². The van der Waals surface area contributed by atoms with Crippen molar-refractivity contribution < 1.29 is 0 Å². The number of hydrogen-bond donors (Lipinski definition) is 0. The van der Waals surface area contributed by atoms with Gasteiger partial charge in [-0.25, -0.2) is 15.0 Å². The predicted octanol–water partition coefficient (Wildman–Crippen LogP) is 11.7. The smallest absolute Gasteiger partial charge is 0.164 e. The Bertz CT molecular complexity index is 2530. The maximum absolute atomic E-state index is 4.98. The molecule has 224 valence electrons. The summed E-state index contributed by atoms with van der Waals surface area (Å²) < 4.78 is 0. The fourth-order valence-electron chi connectivity index (χ4n) is 6.74. The number of benzene rings is 8. The average Bonchev–Trinajstić information content (AvgIpc) is 3.18. The Labute approximate surface area is 278 Å². The highest BCUT2D eigenvalue weighted by atomic mass is 15.0. The van der Waals surface area contributed by atoms with Gasteiger partial charge in [-0.2, -0.15) is 0 Å². The van der Waals surface area contributed by atoms with E-state index in [1.165, 1.54) is 43.4 Å². The van der Waals surface area contributed by atoms with Crippen LogP contribution in [0, 0.1) is 0 Å². The van der Waals surface area contributed by atoms with Gasteiger partial charge in [0.2, 0.25) is 0 Å². The van der Waals surface area contributed by atoms with Crippen LogP contribution in [0.3, 0.4) is 0 Å². The maximum Gasteiger partial charge on any atom is 0.164 e. The van der Waals surface area contributed by atoms with Crippen LogP contribution >= 0.6 is 0 Å². The Balaban J connectivity index is 1.22. The molecule has 0 saturated heterocycles. The van der Waals surface area contributed by atoms with E-state index in [1.54, 1.807) is 0 Å². The first-order valence-corrected chi connectivity index (χ1v) is 16.2. The van der Waals surface area contributed by atoms with Crippen molar-refractivity contribution in [1.29, 1.82) is 0 Å². The second kappa shape index (κ2) is 11.7. The summed E-state index contributed by atoms with van der Waals surface area (Å²) in [6, 6.07) is 61.8. The van der Waals surface area contributed by atoms with E-state index in [0.29, 0.717) is 17.5 Å². The van der Waals surface area contributed by atoms with E-state index in [1.807, 2.05) is 60.7 Å². The van der Waals surface area contributed by atoms with Gasteiger partial charge in [-0.05, 0) is 66.7 Å². The molecule has 1 aromatic heterocycles. The molecule has 3 nitrogen and oxygen atoms in total. The van der Waals surface area contributed by atoms with E-state index >= 15 is 0 Å². The lowest BCUT2D eigenvalue weighted by molar-refractivity contribution is 1.07. The van der Waals surface area contributed by atoms with Crippen LogP contribution in [0.1, 0.15) is 0 Å². The SMILES string of the molecule is c1ccc(-c2nc(-c3ccccc3)nc(-c3cccc(-c4ccc5ccc6ccc7cccc(-c8ccccc8)c7c6c5c4)c3)n2)cc1. The Kier molecular flexibility index (Phi) is 6.80. The first-order chi connectivity index (χ1) is 23.8. The standard InChI is InChI=1S/C45H29N3/c1-4-12-30(13-5-1)39-21-11-18-32-25-26-33-24-22-31-23-27-37(29-40(31)42(33)41(32)39)36-19-10-20-38(28-36)45-47-43(34-14-6-2-7-15-34)46-44(48-45)35-16-8-3-9-17-35/h1-29H. The Morgan fingerprint density at radius 1 is 0.271 bits per heavy atom. The second-order valence-corrected chi connectivity index (χ2v) is 12.1. The molecule has 0 amide bonds. The lowest BCUT2D eigenvalue weighted by atomic mass is 9.90. The highest BCUT2D eigenvalue weighted by molar-refractivity contribution is 6.24. The van der Waals surface area contributed by atoms with Crippen molar-refractivity contribution in [1.82, 2.24) is 15.0 Å². The Morgan fingerprint density at radius 2 is 0.729 bits per heavy atom. The summed E-state index contributed by atoms with van der Waals surface area (Å²) in [7, 11) is 0. The monoisotopic (exact) mass is 611 g/mol. The van der Waals surface area contributed by atoms with E-state index in [0.717, 1.165) is 27.8 Å². The summed E-state index contributed by atoms with van der Waals surface area (Å²) in [6.07, 6.45) is 0. The molecule has 3 heteroatoms. The zero-order valence-electron chi connectivity index (χ0n) is 26.1. The minimum absolute atomic E-state index is 0.647. The quantitative estimate of drug-likeness (QED) is 0.182. The minimum Gasteiger partial charge on any atom is -0.208 e. The average molecular weight is 612 g/mol. The number of fused-ring (bicyclic) bond motifs is 5. The van der Waals surface area contributed by atoms with Gasteiger partial charge in [-0.3, -0.25) is 0 Å². The molecule has 0 aliphatic carbocycles. The largest absolute Gasteiger partial charge is 0.208 e. The molecule has 1 heterocycles. The summed E-state index contributed by atoms with van der Waals surface area (Å²) in [5.41, 5.74) is 7.58. The van der Waals surface area contributed by atoms with Crippen LogP contribution < -0.4 is 0 Å². The van der Waals surface area contributed by atoms with Gasteiger partial charge in [-0.15, -0.1) is 0 Å². The molecule has 0 aliphatic rings. The summed E-state index contributed by atoms with van der Waals surface area (Å²) >= 11 is 0. The predicted molar refractivity (Wildman–Crippen MR) is 200 cm³/mol. The molecule has 0 spiro atoms. The van der Waals surface area contributed by atoms with Crippen LogP contribution in [-0.2, 0) is 0 Å². The summed E-state index contributed by atoms with van der Waals surface area (Å²) in [5.74, 6) is 1.96. The molecule has 9 rings (SSSR count). The molecular weight excluding hydrogens is 583 g/mol. The van der Waals surface area contributed by atoms with Gasteiger partial charge in [-0.1, -0.05) is 164 Å². The van der Waals surface area contributed by atoms with Crippen molar-refractivity contribution in [3.8, 4) is 56.4 Å². The molecule has 0 fully saturated rings. The van der Waals surface area contributed by atoms with E-state index < -0.39 is 0 Å². The highest BCUT2D eigenvalue weighted by Crippen LogP contribution is 2.39.